The van der Waals surface area contributed by atoms with E-state index in [2.05, 4.69) is 16.2 Å². The van der Waals surface area contributed by atoms with Crippen LogP contribution in [0.25, 0.3) is 10.1 Å². The zero-order valence-electron chi connectivity index (χ0n) is 12.9. The van der Waals surface area contributed by atoms with Gasteiger partial charge in [-0.3, -0.25) is 4.79 Å². The number of rotatable bonds is 2. The van der Waals surface area contributed by atoms with Crippen molar-refractivity contribution in [3.8, 4) is 0 Å². The highest BCUT2D eigenvalue weighted by molar-refractivity contribution is 7.20. The van der Waals surface area contributed by atoms with Crippen molar-refractivity contribution >= 4 is 27.3 Å². The minimum absolute atomic E-state index is 0.104. The standard InChI is InChI=1S/C17H17N3O2S/c1-11-18-16(22-19-11)13-6-4-8-20(10-13)17(21)15-9-12-5-2-3-7-14(12)23-15/h2-3,5,7,9,13H,4,6,8,10H2,1H3. The average molecular weight is 327 g/mol. The lowest BCUT2D eigenvalue weighted by molar-refractivity contribution is 0.0700. The van der Waals surface area contributed by atoms with E-state index in [-0.39, 0.29) is 11.8 Å². The number of carbonyl (C=O) groups excluding carboxylic acids is 1. The summed E-state index contributed by atoms with van der Waals surface area (Å²) in [4.78, 5) is 19.9. The predicted octanol–water partition coefficient (Wildman–Crippen LogP) is 3.61. The molecule has 1 atom stereocenters. The number of amides is 1. The van der Waals surface area contributed by atoms with E-state index in [4.69, 9.17) is 4.52 Å². The Kier molecular flexibility index (Phi) is 3.61. The number of nitrogens with zero attached hydrogens (tertiary/aromatic N) is 3. The van der Waals surface area contributed by atoms with E-state index < -0.39 is 0 Å². The molecular formula is C17H17N3O2S. The lowest BCUT2D eigenvalue weighted by Gasteiger charge is -2.30. The second-order valence-corrected chi connectivity index (χ2v) is 7.00. The average Bonchev–Trinajstić information content (AvgIpc) is 3.20. The molecule has 23 heavy (non-hydrogen) atoms. The summed E-state index contributed by atoms with van der Waals surface area (Å²) in [6.45, 7) is 3.25. The molecule has 4 rings (SSSR count). The molecule has 118 valence electrons. The number of piperidine rings is 1. The molecule has 0 radical (unpaired) electrons. The first-order valence-electron chi connectivity index (χ1n) is 7.79. The molecule has 1 aromatic carbocycles. The van der Waals surface area contributed by atoms with Crippen molar-refractivity contribution in [3.05, 3.63) is 46.9 Å². The highest BCUT2D eigenvalue weighted by Gasteiger charge is 2.29. The Morgan fingerprint density at radius 2 is 2.26 bits per heavy atom. The van der Waals surface area contributed by atoms with Crippen LogP contribution in [-0.2, 0) is 0 Å². The van der Waals surface area contributed by atoms with Gasteiger partial charge in [0.2, 0.25) is 5.89 Å². The number of carbonyl (C=O) groups is 1. The summed E-state index contributed by atoms with van der Waals surface area (Å²) in [5, 5.41) is 4.99. The van der Waals surface area contributed by atoms with E-state index in [1.807, 2.05) is 36.1 Å². The van der Waals surface area contributed by atoms with Crippen LogP contribution in [0.3, 0.4) is 0 Å². The van der Waals surface area contributed by atoms with Gasteiger partial charge in [0.15, 0.2) is 5.82 Å². The second kappa shape index (κ2) is 5.77. The van der Waals surface area contributed by atoms with Crippen LogP contribution in [0.1, 0.15) is 40.1 Å². The second-order valence-electron chi connectivity index (χ2n) is 5.92. The molecule has 1 amide bonds. The summed E-state index contributed by atoms with van der Waals surface area (Å²) >= 11 is 1.56. The molecule has 3 aromatic rings. The number of thiophene rings is 1. The molecule has 1 aliphatic heterocycles. The van der Waals surface area contributed by atoms with Crippen LogP contribution in [0.2, 0.25) is 0 Å². The van der Waals surface area contributed by atoms with Crippen molar-refractivity contribution in [3.63, 3.8) is 0 Å². The van der Waals surface area contributed by atoms with Gasteiger partial charge in [0.1, 0.15) is 0 Å². The normalized spacial score (nSPS) is 18.5. The molecule has 0 saturated carbocycles. The quantitative estimate of drug-likeness (QED) is 0.721. The van der Waals surface area contributed by atoms with Crippen LogP contribution in [-0.4, -0.2) is 34.0 Å². The molecule has 2 aromatic heterocycles. The fraction of sp³-hybridized carbons (Fsp3) is 0.353. The first-order valence-corrected chi connectivity index (χ1v) is 8.60. The maximum Gasteiger partial charge on any atom is 0.263 e. The van der Waals surface area contributed by atoms with Crippen molar-refractivity contribution in [1.82, 2.24) is 15.0 Å². The van der Waals surface area contributed by atoms with Crippen LogP contribution in [0.5, 0.6) is 0 Å². The predicted molar refractivity (Wildman–Crippen MR) is 88.7 cm³/mol. The van der Waals surface area contributed by atoms with E-state index in [0.29, 0.717) is 18.3 Å². The third-order valence-electron chi connectivity index (χ3n) is 4.24. The molecule has 3 heterocycles. The molecule has 5 nitrogen and oxygen atoms in total. The van der Waals surface area contributed by atoms with Crippen LogP contribution in [0.4, 0.5) is 0 Å². The molecule has 1 unspecified atom stereocenters. The van der Waals surface area contributed by atoms with Crippen molar-refractivity contribution in [2.24, 2.45) is 0 Å². The summed E-state index contributed by atoms with van der Waals surface area (Å²) in [5.41, 5.74) is 0. The van der Waals surface area contributed by atoms with Gasteiger partial charge in [-0.2, -0.15) is 4.98 Å². The van der Waals surface area contributed by atoms with E-state index in [9.17, 15) is 4.79 Å². The Hall–Kier alpha value is -2.21. The van der Waals surface area contributed by atoms with Gasteiger partial charge in [-0.15, -0.1) is 11.3 Å². The van der Waals surface area contributed by atoms with Gasteiger partial charge < -0.3 is 9.42 Å². The fourth-order valence-electron chi connectivity index (χ4n) is 3.09. The number of aromatic nitrogens is 2. The molecule has 1 saturated heterocycles. The van der Waals surface area contributed by atoms with E-state index in [0.717, 1.165) is 34.3 Å². The van der Waals surface area contributed by atoms with Crippen molar-refractivity contribution in [2.75, 3.05) is 13.1 Å². The SMILES string of the molecule is Cc1noc(C2CCCN(C(=O)c3cc4ccccc4s3)C2)n1. The minimum Gasteiger partial charge on any atom is -0.339 e. The lowest BCUT2D eigenvalue weighted by atomic mass is 9.98. The zero-order chi connectivity index (χ0) is 15.8. The maximum absolute atomic E-state index is 12.8. The largest absolute Gasteiger partial charge is 0.339 e. The van der Waals surface area contributed by atoms with Gasteiger partial charge in [0.25, 0.3) is 5.91 Å². The minimum atomic E-state index is 0.104. The molecular weight excluding hydrogens is 310 g/mol. The lowest BCUT2D eigenvalue weighted by Crippen LogP contribution is -2.38. The zero-order valence-corrected chi connectivity index (χ0v) is 13.7. The van der Waals surface area contributed by atoms with Gasteiger partial charge in [0.05, 0.1) is 10.8 Å². The van der Waals surface area contributed by atoms with Gasteiger partial charge in [-0.05, 0) is 37.3 Å². The maximum atomic E-state index is 12.8. The van der Waals surface area contributed by atoms with Crippen LogP contribution < -0.4 is 0 Å². The van der Waals surface area contributed by atoms with Crippen molar-refractivity contribution in [1.29, 1.82) is 0 Å². The van der Waals surface area contributed by atoms with Crippen molar-refractivity contribution < 1.29 is 9.32 Å². The van der Waals surface area contributed by atoms with E-state index in [1.54, 1.807) is 11.3 Å². The summed E-state index contributed by atoms with van der Waals surface area (Å²) < 4.78 is 6.44. The summed E-state index contributed by atoms with van der Waals surface area (Å²) in [6.07, 6.45) is 1.94. The summed E-state index contributed by atoms with van der Waals surface area (Å²) in [6, 6.07) is 10.1. The number of fused-ring (bicyclic) bond motifs is 1. The monoisotopic (exact) mass is 327 g/mol. The van der Waals surface area contributed by atoms with Gasteiger partial charge in [0, 0.05) is 17.8 Å². The Morgan fingerprint density at radius 1 is 1.39 bits per heavy atom. The Morgan fingerprint density at radius 3 is 3.04 bits per heavy atom. The number of hydrogen-bond acceptors (Lipinski definition) is 5. The van der Waals surface area contributed by atoms with Crippen LogP contribution >= 0.6 is 11.3 Å². The molecule has 1 aliphatic rings. The topological polar surface area (TPSA) is 59.2 Å². The van der Waals surface area contributed by atoms with E-state index >= 15 is 0 Å². The van der Waals surface area contributed by atoms with Gasteiger partial charge >= 0.3 is 0 Å². The molecule has 1 fully saturated rings. The molecule has 0 aliphatic carbocycles. The van der Waals surface area contributed by atoms with Crippen molar-refractivity contribution in [2.45, 2.75) is 25.7 Å². The Bertz CT molecular complexity index is 821. The van der Waals surface area contributed by atoms with Gasteiger partial charge in [-0.1, -0.05) is 23.4 Å². The molecule has 6 heteroatoms. The summed E-state index contributed by atoms with van der Waals surface area (Å²) in [5.74, 6) is 1.54. The number of aryl methyl sites for hydroxylation is 1. The summed E-state index contributed by atoms with van der Waals surface area (Å²) in [7, 11) is 0. The fourth-order valence-corrected chi connectivity index (χ4v) is 4.12. The number of likely N-dealkylation sites (tertiary alicyclic amines) is 1. The highest BCUT2D eigenvalue weighted by atomic mass is 32.1. The molecule has 0 N–H and O–H groups in total. The Labute approximate surface area is 137 Å². The number of hydrogen-bond donors (Lipinski definition) is 0. The first kappa shape index (κ1) is 14.4. The first-order chi connectivity index (χ1) is 11.2. The third kappa shape index (κ3) is 2.74. The van der Waals surface area contributed by atoms with Crippen LogP contribution in [0.15, 0.2) is 34.9 Å². The molecule has 0 bridgehead atoms. The third-order valence-corrected chi connectivity index (χ3v) is 5.34. The smallest absolute Gasteiger partial charge is 0.263 e. The Balaban J connectivity index is 1.55. The number of benzene rings is 1. The van der Waals surface area contributed by atoms with Crippen LogP contribution in [0, 0.1) is 6.92 Å². The van der Waals surface area contributed by atoms with E-state index in [1.165, 1.54) is 0 Å². The van der Waals surface area contributed by atoms with Gasteiger partial charge in [-0.25, -0.2) is 0 Å². The molecule has 0 spiro atoms. The highest BCUT2D eigenvalue weighted by Crippen LogP contribution is 2.30.